The molecule has 0 aromatic heterocycles. The molecule has 41 heavy (non-hydrogen) atoms. The van der Waals surface area contributed by atoms with Crippen LogP contribution >= 0.6 is 0 Å². The molecular formula is C25H31F3N4O8S. The van der Waals surface area contributed by atoms with Crippen molar-refractivity contribution in [2.75, 3.05) is 62.6 Å². The zero-order chi connectivity index (χ0) is 30.8. The summed E-state index contributed by atoms with van der Waals surface area (Å²) in [7, 11) is -2.35. The Morgan fingerprint density at radius 3 is 2.10 bits per heavy atom. The number of hydrogen-bond acceptors (Lipinski definition) is 8. The van der Waals surface area contributed by atoms with Gasteiger partial charge in [-0.25, -0.2) is 18.0 Å². The number of rotatable bonds is 10. The lowest BCUT2D eigenvalue weighted by molar-refractivity contribution is -0.192. The lowest BCUT2D eigenvalue weighted by Crippen LogP contribution is -2.49. The van der Waals surface area contributed by atoms with Crippen LogP contribution in [0.3, 0.4) is 0 Å². The van der Waals surface area contributed by atoms with Crippen molar-refractivity contribution in [1.29, 1.82) is 0 Å². The quantitative estimate of drug-likeness (QED) is 0.295. The maximum Gasteiger partial charge on any atom is 0.490 e. The van der Waals surface area contributed by atoms with Crippen molar-refractivity contribution in [2.45, 2.75) is 18.0 Å². The van der Waals surface area contributed by atoms with Gasteiger partial charge in [-0.15, -0.1) is 0 Å². The van der Waals surface area contributed by atoms with Gasteiger partial charge in [-0.1, -0.05) is 17.7 Å². The number of aliphatic carboxylic acids is 1. The van der Waals surface area contributed by atoms with E-state index in [9.17, 15) is 36.3 Å². The zero-order valence-electron chi connectivity index (χ0n) is 22.3. The fraction of sp³-hybridized carbons (Fsp3) is 0.400. The van der Waals surface area contributed by atoms with E-state index in [-0.39, 0.29) is 28.6 Å². The number of nitrogens with one attached hydrogen (secondary N) is 2. The number of methoxy groups -OCH3 is 1. The largest absolute Gasteiger partial charge is 0.490 e. The Bertz CT molecular complexity index is 1310. The molecule has 1 heterocycles. The molecule has 0 bridgehead atoms. The third-order valence-corrected chi connectivity index (χ3v) is 7.17. The van der Waals surface area contributed by atoms with Crippen LogP contribution in [0.15, 0.2) is 47.4 Å². The molecule has 1 amide bonds. The van der Waals surface area contributed by atoms with Gasteiger partial charge >= 0.3 is 18.1 Å². The van der Waals surface area contributed by atoms with E-state index in [4.69, 9.17) is 14.6 Å². The normalized spacial score (nSPS) is 14.0. The van der Waals surface area contributed by atoms with Crippen LogP contribution in [0.2, 0.25) is 0 Å². The van der Waals surface area contributed by atoms with Crippen molar-refractivity contribution >= 4 is 39.2 Å². The van der Waals surface area contributed by atoms with E-state index < -0.39 is 28.1 Å². The molecule has 0 unspecified atom stereocenters. The first-order chi connectivity index (χ1) is 19.1. The van der Waals surface area contributed by atoms with Crippen molar-refractivity contribution in [3.05, 3.63) is 53.6 Å². The van der Waals surface area contributed by atoms with Crippen molar-refractivity contribution in [3.63, 3.8) is 0 Å². The Kier molecular flexibility index (Phi) is 11.9. The van der Waals surface area contributed by atoms with Crippen molar-refractivity contribution < 1.29 is 50.9 Å². The van der Waals surface area contributed by atoms with Gasteiger partial charge in [-0.3, -0.25) is 14.4 Å². The maximum atomic E-state index is 12.7. The summed E-state index contributed by atoms with van der Waals surface area (Å²) >= 11 is 0. The van der Waals surface area contributed by atoms with Crippen LogP contribution < -0.4 is 14.9 Å². The van der Waals surface area contributed by atoms with Gasteiger partial charge in [0.15, 0.2) is 0 Å². The van der Waals surface area contributed by atoms with Crippen LogP contribution in [0.1, 0.15) is 15.9 Å². The minimum atomic E-state index is -5.08. The predicted molar refractivity (Wildman–Crippen MR) is 143 cm³/mol. The number of carbonyl (C=O) groups excluding carboxylic acids is 1. The standard InChI is InChI=1S/C23H30N4O6S.C2HF3O2/c1-17-3-6-19(7-4-17)34(31,32)25-21-8-5-18(15-20(21)23(29)30)27-12-10-26(11-13-27)16-22(28)24-9-14-33-2;3-2(4,5)1(6)7/h3-8,15,25H,9-14,16H2,1-2H3,(H,24,28)(H,29,30);(H,6,7). The number of carboxylic acids is 2. The Morgan fingerprint density at radius 1 is 1.00 bits per heavy atom. The van der Waals surface area contributed by atoms with Crippen molar-refractivity contribution in [1.82, 2.24) is 10.2 Å². The molecule has 3 rings (SSSR count). The van der Waals surface area contributed by atoms with Gasteiger partial charge in [-0.05, 0) is 37.3 Å². The van der Waals surface area contributed by atoms with Crippen LogP contribution in [0, 0.1) is 6.92 Å². The predicted octanol–water partition coefficient (Wildman–Crippen LogP) is 2.01. The minimum Gasteiger partial charge on any atom is -0.478 e. The van der Waals surface area contributed by atoms with Crippen LogP contribution in [-0.2, 0) is 24.3 Å². The molecule has 1 saturated heterocycles. The first-order valence-corrected chi connectivity index (χ1v) is 13.6. The summed E-state index contributed by atoms with van der Waals surface area (Å²) in [6.45, 7) is 5.57. The molecule has 2 aromatic carbocycles. The monoisotopic (exact) mass is 604 g/mol. The van der Waals surface area contributed by atoms with Crippen LogP contribution in [0.25, 0.3) is 0 Å². The fourth-order valence-electron chi connectivity index (χ4n) is 3.63. The molecule has 0 radical (unpaired) electrons. The molecule has 1 aliphatic heterocycles. The molecule has 0 spiro atoms. The summed E-state index contributed by atoms with van der Waals surface area (Å²) in [5, 5.41) is 19.6. The summed E-state index contributed by atoms with van der Waals surface area (Å²) in [5.74, 6) is -4.05. The first-order valence-electron chi connectivity index (χ1n) is 12.1. The third kappa shape index (κ3) is 10.5. The molecule has 0 saturated carbocycles. The third-order valence-electron chi connectivity index (χ3n) is 5.78. The number of anilines is 2. The highest BCUT2D eigenvalue weighted by atomic mass is 32.2. The van der Waals surface area contributed by atoms with E-state index in [2.05, 4.69) is 10.0 Å². The van der Waals surface area contributed by atoms with Gasteiger partial charge < -0.3 is 25.2 Å². The van der Waals surface area contributed by atoms with Gasteiger partial charge in [0.1, 0.15) is 0 Å². The highest BCUT2D eigenvalue weighted by Gasteiger charge is 2.38. The molecule has 2 aromatic rings. The Balaban J connectivity index is 0.000000745. The van der Waals surface area contributed by atoms with Crippen LogP contribution in [0.5, 0.6) is 0 Å². The second-order valence-electron chi connectivity index (χ2n) is 8.86. The Labute approximate surface area is 234 Å². The van der Waals surface area contributed by atoms with Crippen molar-refractivity contribution in [2.24, 2.45) is 0 Å². The number of carboxylic acid groups (broad SMARTS) is 2. The first kappa shape index (κ1) is 33.3. The van der Waals surface area contributed by atoms with Gasteiger partial charge in [0.2, 0.25) is 5.91 Å². The zero-order valence-corrected chi connectivity index (χ0v) is 23.1. The van der Waals surface area contributed by atoms with E-state index in [1.165, 1.54) is 24.3 Å². The molecule has 0 aliphatic carbocycles. The summed E-state index contributed by atoms with van der Waals surface area (Å²) in [5.41, 5.74) is 1.47. The van der Waals surface area contributed by atoms with Crippen LogP contribution in [0.4, 0.5) is 24.5 Å². The average molecular weight is 605 g/mol. The lowest BCUT2D eigenvalue weighted by atomic mass is 10.1. The fourth-order valence-corrected chi connectivity index (χ4v) is 4.71. The molecule has 1 fully saturated rings. The molecule has 12 nitrogen and oxygen atoms in total. The summed E-state index contributed by atoms with van der Waals surface area (Å²) in [4.78, 5) is 36.9. The van der Waals surface area contributed by atoms with E-state index in [0.29, 0.717) is 45.0 Å². The Morgan fingerprint density at radius 2 is 1.59 bits per heavy atom. The summed E-state index contributed by atoms with van der Waals surface area (Å²) < 4.78 is 64.5. The number of nitrogens with zero attached hydrogens (tertiary/aromatic N) is 2. The smallest absolute Gasteiger partial charge is 0.478 e. The SMILES string of the molecule is COCCNC(=O)CN1CCN(c2ccc(NS(=O)(=O)c3ccc(C)cc3)c(C(=O)O)c2)CC1.O=C(O)C(F)(F)F. The van der Waals surface area contributed by atoms with Crippen molar-refractivity contribution in [3.8, 4) is 0 Å². The number of alkyl halides is 3. The molecule has 16 heteroatoms. The minimum absolute atomic E-state index is 0.00295. The van der Waals surface area contributed by atoms with E-state index in [0.717, 1.165) is 5.56 Å². The molecular weight excluding hydrogens is 573 g/mol. The second kappa shape index (κ2) is 14.7. The number of ether oxygens (including phenoxy) is 1. The molecule has 1 aliphatic rings. The topological polar surface area (TPSA) is 166 Å². The van der Waals surface area contributed by atoms with Gasteiger partial charge in [-0.2, -0.15) is 13.2 Å². The van der Waals surface area contributed by atoms with E-state index >= 15 is 0 Å². The highest BCUT2D eigenvalue weighted by molar-refractivity contribution is 7.92. The Hall–Kier alpha value is -3.89. The maximum absolute atomic E-state index is 12.7. The molecule has 4 N–H and O–H groups in total. The number of aromatic carboxylic acids is 1. The van der Waals surface area contributed by atoms with Gasteiger partial charge in [0.25, 0.3) is 10.0 Å². The van der Waals surface area contributed by atoms with E-state index in [1.807, 2.05) is 16.7 Å². The number of amides is 1. The molecule has 0 atom stereocenters. The van der Waals surface area contributed by atoms with Gasteiger partial charge in [0.05, 0.1) is 29.3 Å². The number of piperazine rings is 1. The number of halogens is 3. The highest BCUT2D eigenvalue weighted by Crippen LogP contribution is 2.27. The van der Waals surface area contributed by atoms with Crippen LogP contribution in [-0.4, -0.2) is 101 Å². The number of aryl methyl sites for hydroxylation is 1. The lowest BCUT2D eigenvalue weighted by Gasteiger charge is -2.36. The summed E-state index contributed by atoms with van der Waals surface area (Å²) in [6.07, 6.45) is -5.08. The summed E-state index contributed by atoms with van der Waals surface area (Å²) in [6, 6.07) is 11.0. The average Bonchev–Trinajstić information content (AvgIpc) is 2.89. The number of sulfonamides is 1. The second-order valence-corrected chi connectivity index (χ2v) is 10.5. The molecule has 226 valence electrons. The van der Waals surface area contributed by atoms with E-state index in [1.54, 1.807) is 25.3 Å². The number of carbonyl (C=O) groups is 3. The van der Waals surface area contributed by atoms with Gasteiger partial charge in [0, 0.05) is 45.5 Å². The number of benzene rings is 2. The number of hydrogen-bond donors (Lipinski definition) is 4.